The smallest absolute Gasteiger partial charge is 0.268 e. The normalized spacial score (nSPS) is 21.1. The SMILES string of the molecule is CCN1C(=O)C=C(CS(=O)(=O)O)C(C#N)C1=O. The summed E-state index contributed by atoms with van der Waals surface area (Å²) in [5.74, 6) is -3.67. The van der Waals surface area contributed by atoms with E-state index in [0.29, 0.717) is 0 Å². The minimum atomic E-state index is -4.38. The number of nitrogens with zero attached hydrogens (tertiary/aromatic N) is 2. The molecule has 1 heterocycles. The van der Waals surface area contributed by atoms with Gasteiger partial charge in [-0.15, -0.1) is 0 Å². The van der Waals surface area contributed by atoms with Crippen molar-refractivity contribution in [1.82, 2.24) is 4.90 Å². The summed E-state index contributed by atoms with van der Waals surface area (Å²) in [5, 5.41) is 8.80. The Labute approximate surface area is 98.1 Å². The van der Waals surface area contributed by atoms with Gasteiger partial charge in [0, 0.05) is 12.6 Å². The molecule has 1 aliphatic heterocycles. The van der Waals surface area contributed by atoms with Crippen molar-refractivity contribution in [3.05, 3.63) is 11.6 Å². The number of nitriles is 1. The topological polar surface area (TPSA) is 116 Å². The largest absolute Gasteiger partial charge is 0.285 e. The van der Waals surface area contributed by atoms with E-state index in [1.807, 2.05) is 0 Å². The molecule has 8 heteroatoms. The van der Waals surface area contributed by atoms with E-state index in [1.54, 1.807) is 13.0 Å². The number of imide groups is 1. The Morgan fingerprint density at radius 2 is 2.12 bits per heavy atom. The Balaban J connectivity index is 3.17. The van der Waals surface area contributed by atoms with Gasteiger partial charge in [-0.05, 0) is 12.5 Å². The van der Waals surface area contributed by atoms with Gasteiger partial charge in [0.05, 0.1) is 11.8 Å². The summed E-state index contributed by atoms with van der Waals surface area (Å²) in [6, 6.07) is 1.62. The Kier molecular flexibility index (Phi) is 3.65. The van der Waals surface area contributed by atoms with Crippen LogP contribution in [0.2, 0.25) is 0 Å². The van der Waals surface area contributed by atoms with Crippen molar-refractivity contribution < 1.29 is 22.6 Å². The fourth-order valence-corrected chi connectivity index (χ4v) is 2.20. The average molecular weight is 258 g/mol. The Morgan fingerprint density at radius 3 is 2.53 bits per heavy atom. The van der Waals surface area contributed by atoms with Crippen molar-refractivity contribution in [3.63, 3.8) is 0 Å². The predicted molar refractivity (Wildman–Crippen MR) is 56.0 cm³/mol. The van der Waals surface area contributed by atoms with Crippen molar-refractivity contribution in [2.45, 2.75) is 6.92 Å². The van der Waals surface area contributed by atoms with Gasteiger partial charge in [0.15, 0.2) is 0 Å². The molecule has 1 unspecified atom stereocenters. The Morgan fingerprint density at radius 1 is 1.53 bits per heavy atom. The lowest BCUT2D eigenvalue weighted by molar-refractivity contribution is -0.143. The number of carbonyl (C=O) groups is 2. The highest BCUT2D eigenvalue weighted by Crippen LogP contribution is 2.21. The average Bonchev–Trinajstić information content (AvgIpc) is 2.15. The fraction of sp³-hybridized carbons (Fsp3) is 0.444. The van der Waals surface area contributed by atoms with Crippen LogP contribution in [0.4, 0.5) is 0 Å². The second-order valence-electron chi connectivity index (χ2n) is 3.43. The quantitative estimate of drug-likeness (QED) is 0.530. The molecule has 7 nitrogen and oxygen atoms in total. The van der Waals surface area contributed by atoms with Crippen LogP contribution in [-0.2, 0) is 19.7 Å². The number of amides is 2. The molecule has 0 saturated heterocycles. The van der Waals surface area contributed by atoms with E-state index < -0.39 is 33.6 Å². The summed E-state index contributed by atoms with van der Waals surface area (Å²) in [6.45, 7) is 1.66. The van der Waals surface area contributed by atoms with Crippen molar-refractivity contribution in [3.8, 4) is 6.07 Å². The summed E-state index contributed by atoms with van der Waals surface area (Å²) in [5.41, 5.74) is -0.199. The first kappa shape index (κ1) is 13.3. The maximum absolute atomic E-state index is 11.7. The zero-order chi connectivity index (χ0) is 13.2. The molecular formula is C9H10N2O5S. The summed E-state index contributed by atoms with van der Waals surface area (Å²) in [7, 11) is -4.38. The second-order valence-corrected chi connectivity index (χ2v) is 4.88. The van der Waals surface area contributed by atoms with Crippen LogP contribution >= 0.6 is 0 Å². The summed E-state index contributed by atoms with van der Waals surface area (Å²) >= 11 is 0. The van der Waals surface area contributed by atoms with Gasteiger partial charge < -0.3 is 0 Å². The molecule has 0 aromatic heterocycles. The molecule has 1 aliphatic rings. The second kappa shape index (κ2) is 4.65. The highest BCUT2D eigenvalue weighted by Gasteiger charge is 2.36. The molecule has 0 aliphatic carbocycles. The first-order valence-electron chi connectivity index (χ1n) is 4.70. The van der Waals surface area contributed by atoms with Crippen LogP contribution in [0.15, 0.2) is 11.6 Å². The van der Waals surface area contributed by atoms with Gasteiger partial charge in [-0.25, -0.2) is 0 Å². The van der Waals surface area contributed by atoms with Gasteiger partial charge in [0.1, 0.15) is 5.92 Å². The van der Waals surface area contributed by atoms with Crippen LogP contribution in [0.5, 0.6) is 0 Å². The molecule has 17 heavy (non-hydrogen) atoms. The van der Waals surface area contributed by atoms with E-state index in [-0.39, 0.29) is 12.1 Å². The van der Waals surface area contributed by atoms with E-state index >= 15 is 0 Å². The molecule has 92 valence electrons. The number of carbonyl (C=O) groups excluding carboxylic acids is 2. The van der Waals surface area contributed by atoms with Crippen LogP contribution in [-0.4, -0.2) is 42.0 Å². The summed E-state index contributed by atoms with van der Waals surface area (Å²) in [6.07, 6.45) is 0.909. The first-order chi connectivity index (χ1) is 7.80. The van der Waals surface area contributed by atoms with Crippen LogP contribution in [0.25, 0.3) is 0 Å². The third kappa shape index (κ3) is 2.89. The van der Waals surface area contributed by atoms with Crippen molar-refractivity contribution >= 4 is 21.9 Å². The van der Waals surface area contributed by atoms with Gasteiger partial charge in [0.25, 0.3) is 21.9 Å². The monoisotopic (exact) mass is 258 g/mol. The van der Waals surface area contributed by atoms with Crippen LogP contribution in [0, 0.1) is 17.2 Å². The van der Waals surface area contributed by atoms with E-state index in [2.05, 4.69) is 0 Å². The molecule has 0 spiro atoms. The predicted octanol–water partition coefficient (Wildman–Crippen LogP) is -0.671. The third-order valence-corrected chi connectivity index (χ3v) is 2.95. The maximum atomic E-state index is 11.7. The maximum Gasteiger partial charge on any atom is 0.268 e. The van der Waals surface area contributed by atoms with Gasteiger partial charge in [-0.2, -0.15) is 13.7 Å². The zero-order valence-electron chi connectivity index (χ0n) is 8.95. The number of hydrogen-bond donors (Lipinski definition) is 1. The van der Waals surface area contributed by atoms with E-state index in [4.69, 9.17) is 9.81 Å². The van der Waals surface area contributed by atoms with E-state index in [1.165, 1.54) is 0 Å². The van der Waals surface area contributed by atoms with Gasteiger partial charge in [-0.1, -0.05) is 0 Å². The van der Waals surface area contributed by atoms with Crippen molar-refractivity contribution in [2.24, 2.45) is 5.92 Å². The molecular weight excluding hydrogens is 248 g/mol. The fourth-order valence-electron chi connectivity index (χ4n) is 1.53. The lowest BCUT2D eigenvalue weighted by Gasteiger charge is -2.26. The first-order valence-corrected chi connectivity index (χ1v) is 6.31. The van der Waals surface area contributed by atoms with Crippen LogP contribution < -0.4 is 0 Å². The van der Waals surface area contributed by atoms with Crippen LogP contribution in [0.3, 0.4) is 0 Å². The molecule has 1 rings (SSSR count). The minimum Gasteiger partial charge on any atom is -0.285 e. The number of hydrogen-bond acceptors (Lipinski definition) is 5. The molecule has 1 atom stereocenters. The summed E-state index contributed by atoms with van der Waals surface area (Å²) in [4.78, 5) is 23.9. The van der Waals surface area contributed by atoms with Gasteiger partial charge >= 0.3 is 0 Å². The molecule has 1 N–H and O–H groups in total. The van der Waals surface area contributed by atoms with Gasteiger partial charge in [-0.3, -0.25) is 19.0 Å². The Hall–Kier alpha value is -1.72. The van der Waals surface area contributed by atoms with Crippen molar-refractivity contribution in [1.29, 1.82) is 5.26 Å². The highest BCUT2D eigenvalue weighted by molar-refractivity contribution is 7.86. The molecule has 0 bridgehead atoms. The molecule has 0 saturated carbocycles. The molecule has 0 fully saturated rings. The summed E-state index contributed by atoms with van der Waals surface area (Å²) < 4.78 is 30.1. The lowest BCUT2D eigenvalue weighted by atomic mass is 9.96. The number of rotatable bonds is 3. The van der Waals surface area contributed by atoms with Crippen molar-refractivity contribution in [2.75, 3.05) is 12.3 Å². The van der Waals surface area contributed by atoms with E-state index in [0.717, 1.165) is 11.0 Å². The molecule has 0 radical (unpaired) electrons. The Bertz CT molecular complexity index is 528. The molecule has 0 aromatic carbocycles. The zero-order valence-corrected chi connectivity index (χ0v) is 9.77. The van der Waals surface area contributed by atoms with E-state index in [9.17, 15) is 18.0 Å². The third-order valence-electron chi connectivity index (χ3n) is 2.25. The molecule has 2 amide bonds. The lowest BCUT2D eigenvalue weighted by Crippen LogP contribution is -2.44. The van der Waals surface area contributed by atoms with Crippen LogP contribution in [0.1, 0.15) is 6.92 Å². The highest BCUT2D eigenvalue weighted by atomic mass is 32.2. The number of likely N-dealkylation sites (N-methyl/N-ethyl adjacent to an activating group) is 1. The molecule has 0 aromatic rings. The standard InChI is InChI=1S/C9H10N2O5S/c1-2-11-8(12)3-6(5-17(14,15)16)7(4-10)9(11)13/h3,7H,2,5H2,1H3,(H,14,15,16). The van der Waals surface area contributed by atoms with Gasteiger partial charge in [0.2, 0.25) is 0 Å². The minimum absolute atomic E-state index is 0.103.